The third-order valence-corrected chi connectivity index (χ3v) is 13.7. The van der Waals surface area contributed by atoms with Gasteiger partial charge in [-0.05, 0) is 112 Å². The Morgan fingerprint density at radius 3 is 2.10 bits per heavy atom. The van der Waals surface area contributed by atoms with Crippen LogP contribution in [-0.2, 0) is 65.2 Å². The van der Waals surface area contributed by atoms with Gasteiger partial charge in [-0.3, -0.25) is 44.2 Å². The third-order valence-electron chi connectivity index (χ3n) is 11.4. The van der Waals surface area contributed by atoms with Crippen LogP contribution in [0.5, 0.6) is 5.75 Å². The summed E-state index contributed by atoms with van der Waals surface area (Å²) >= 11 is 11.8. The second kappa shape index (κ2) is 32.7. The van der Waals surface area contributed by atoms with Crippen molar-refractivity contribution in [3.63, 3.8) is 0 Å². The summed E-state index contributed by atoms with van der Waals surface area (Å²) in [5.74, 6) is -6.22. The van der Waals surface area contributed by atoms with Crippen molar-refractivity contribution in [2.75, 3.05) is 67.3 Å². The maximum absolute atomic E-state index is 14.3. The van der Waals surface area contributed by atoms with Crippen molar-refractivity contribution in [1.82, 2.24) is 5.32 Å². The number of carbonyl (C=O) groups is 7. The number of ether oxygens (including phenoxy) is 3. The van der Waals surface area contributed by atoms with Crippen molar-refractivity contribution in [3.8, 4) is 5.75 Å². The summed E-state index contributed by atoms with van der Waals surface area (Å²) in [5, 5.41) is 21.2. The number of carbonyl (C=O) groups excluding carboxylic acids is 6. The molecule has 3 N–H and O–H groups in total. The number of nitrogens with zero attached hydrogens (tertiary/aromatic N) is 3. The van der Waals surface area contributed by atoms with E-state index in [9.17, 15) is 65.9 Å². The van der Waals surface area contributed by atoms with Gasteiger partial charge in [-0.15, -0.1) is 11.6 Å². The number of allylic oxidation sites excluding steroid dienone is 1. The third kappa shape index (κ3) is 21.7. The Hall–Kier alpha value is -5.63. The number of nitro groups is 1. The number of methoxy groups -OCH3 is 1. The highest BCUT2D eigenvalue weighted by Gasteiger charge is 2.41. The van der Waals surface area contributed by atoms with Crippen LogP contribution in [0.15, 0.2) is 64.8 Å². The van der Waals surface area contributed by atoms with Crippen molar-refractivity contribution in [1.29, 1.82) is 0 Å². The lowest BCUT2D eigenvalue weighted by Crippen LogP contribution is -2.43. The van der Waals surface area contributed by atoms with Gasteiger partial charge in [0.05, 0.1) is 82.1 Å². The summed E-state index contributed by atoms with van der Waals surface area (Å²) in [5.41, 5.74) is 2.36. The Labute approximate surface area is 477 Å². The number of Topliss-reactive ketones (excluding diaryl/α,β-unsaturated/α-hetero) is 3. The minimum absolute atomic E-state index is 0.00962. The Morgan fingerprint density at radius 2 is 1.62 bits per heavy atom. The van der Waals surface area contributed by atoms with Crippen LogP contribution in [-0.4, -0.2) is 134 Å². The first-order chi connectivity index (χ1) is 37.2. The lowest BCUT2D eigenvalue weighted by Gasteiger charge is -2.31. The maximum Gasteiger partial charge on any atom is 0.427 e. The molecule has 3 fully saturated rings. The van der Waals surface area contributed by atoms with Gasteiger partial charge in [0, 0.05) is 38.3 Å². The van der Waals surface area contributed by atoms with Crippen molar-refractivity contribution >= 4 is 110 Å². The summed E-state index contributed by atoms with van der Waals surface area (Å²) < 4.78 is 63.1. The number of benzene rings is 3. The summed E-state index contributed by atoms with van der Waals surface area (Å²) in [6, 6.07) is 11.2. The number of aryl methyl sites for hydroxylation is 2. The molecule has 3 amide bonds. The molecule has 0 radical (unpaired) electrons. The molecule has 2 unspecified atom stereocenters. The SMILES string of the molecule is CC(C)=C1OC(=O)N(c2cc(OC3CCCC3)c(Cl)cc2F)C1=O.CCc1cccc(C)c1N(C(=O)CCl)C(C)COC.CS(=O)(=O)c1ccc(C(=O)C2C(=O)CCCC2=O)c([N+](=O)[O-])c1.C[S+](C)C.O=C(O)CNCP(=O)([O-])O. The minimum atomic E-state index is -4.35. The molecule has 6 rings (SSSR count). The number of halogens is 3. The number of carboxylic acid groups (broad SMARTS) is 1. The first-order valence-electron chi connectivity index (χ1n) is 24.6. The first kappa shape index (κ1) is 70.5. The lowest BCUT2D eigenvalue weighted by molar-refractivity contribution is -0.385. The molecule has 28 heteroatoms. The molecule has 0 bridgehead atoms. The Morgan fingerprint density at radius 1 is 1.04 bits per heavy atom. The van der Waals surface area contributed by atoms with Crippen LogP contribution in [0.25, 0.3) is 0 Å². The summed E-state index contributed by atoms with van der Waals surface area (Å²) in [4.78, 5) is 113. The molecule has 2 aliphatic carbocycles. The fourth-order valence-electron chi connectivity index (χ4n) is 7.93. The Bertz CT molecular complexity index is 2930. The van der Waals surface area contributed by atoms with Gasteiger partial charge in [0.15, 0.2) is 32.9 Å². The lowest BCUT2D eigenvalue weighted by atomic mass is 9.81. The number of amides is 3. The number of nitro benzene ring substituents is 1. The average molecular weight is 1220 g/mol. The number of sulfone groups is 1. The fourth-order valence-corrected chi connectivity index (χ4v) is 9.29. The fraction of sp³-hybridized carbons (Fsp3) is 0.481. The molecule has 22 nitrogen and oxygen atoms in total. The van der Waals surface area contributed by atoms with Gasteiger partial charge in [0.25, 0.3) is 5.69 Å². The van der Waals surface area contributed by atoms with E-state index in [4.69, 9.17) is 47.4 Å². The number of aliphatic carboxylic acids is 1. The number of alkyl halides is 1. The number of para-hydroxylation sites is 1. The van der Waals surface area contributed by atoms with E-state index in [0.29, 0.717) is 34.4 Å². The van der Waals surface area contributed by atoms with Crippen LogP contribution in [0, 0.1) is 28.8 Å². The van der Waals surface area contributed by atoms with Gasteiger partial charge in [0.2, 0.25) is 5.91 Å². The molecule has 442 valence electrons. The van der Waals surface area contributed by atoms with Crippen LogP contribution >= 0.6 is 30.8 Å². The highest BCUT2D eigenvalue weighted by Crippen LogP contribution is 2.38. The average Bonchev–Trinajstić information content (AvgIpc) is 4.00. The molecule has 0 aromatic heterocycles. The quantitative estimate of drug-likeness (QED) is 0.0172. The highest BCUT2D eigenvalue weighted by atomic mass is 35.5. The van der Waals surface area contributed by atoms with Gasteiger partial charge < -0.3 is 38.6 Å². The van der Waals surface area contributed by atoms with Gasteiger partial charge in [-0.25, -0.2) is 22.5 Å². The molecule has 3 aromatic carbocycles. The topological polar surface area (TPSA) is 324 Å². The van der Waals surface area contributed by atoms with Crippen LogP contribution < -0.4 is 24.7 Å². The standard InChI is InChI=1S/C17H17ClFNO4.C15H22ClNO2.C14H13NO7S.C3H8NO5P.C3H9S/c1-9(2)15-16(21)20(17(22)24-15)13-8-14(11(18)7-12(13)19)23-10-5-3-4-6-10;1-5-13-8-6-7-11(2)15(13)17(14(18)9-16)12(3)10-19-4;1-23(21,22)8-5-6-9(10(7-8)15(19)20)14(18)13-11(16)3-2-4-12(13)17;5-3(6)1-4-2-10(7,8)9;1-4(2)3/h7-8,10H,3-6H2,1-2H3;6-8,12H,5,9-10H2,1-4H3;5-7,13H,2-4H2,1H3;4H,1-2H2,(H,5,6)(H2,7,8,9);1-3H3/q;;;;+1/p-1. The van der Waals surface area contributed by atoms with Crippen molar-refractivity contribution < 1.29 is 85.0 Å². The number of anilines is 2. The number of nitrogens with one attached hydrogen (secondary N) is 1. The van der Waals surface area contributed by atoms with E-state index in [1.165, 1.54) is 6.07 Å². The maximum atomic E-state index is 14.3. The zero-order valence-electron chi connectivity index (χ0n) is 46.0. The molecule has 3 aliphatic rings. The van der Waals surface area contributed by atoms with Crippen LogP contribution in [0.3, 0.4) is 0 Å². The van der Waals surface area contributed by atoms with Crippen molar-refractivity contribution in [2.24, 2.45) is 5.92 Å². The summed E-state index contributed by atoms with van der Waals surface area (Å²) in [6.45, 7) is 9.35. The second-order valence-electron chi connectivity index (χ2n) is 18.9. The number of hydrogen-bond acceptors (Lipinski definition) is 17. The second-order valence-corrected chi connectivity index (χ2v) is 25.6. The predicted octanol–water partition coefficient (Wildman–Crippen LogP) is 7.52. The van der Waals surface area contributed by atoms with E-state index in [0.717, 1.165) is 79.4 Å². The first-order valence-corrected chi connectivity index (χ1v) is 31.6. The molecular formula is C52H68Cl2FN4O18PS2. The van der Waals surface area contributed by atoms with Gasteiger partial charge in [-0.1, -0.05) is 36.7 Å². The molecule has 0 spiro atoms. The molecule has 2 saturated carbocycles. The van der Waals surface area contributed by atoms with Gasteiger partial charge in [0.1, 0.15) is 31.0 Å². The van der Waals surface area contributed by atoms with Crippen molar-refractivity contribution in [3.05, 3.63) is 97.5 Å². The van der Waals surface area contributed by atoms with Crippen LogP contribution in [0.1, 0.15) is 94.1 Å². The minimum Gasteiger partial charge on any atom is -0.778 e. The van der Waals surface area contributed by atoms with Gasteiger partial charge >= 0.3 is 18.0 Å². The zero-order chi connectivity index (χ0) is 61.0. The molecule has 3 aromatic rings. The van der Waals surface area contributed by atoms with E-state index < -0.39 is 93.5 Å². The number of carboxylic acids is 1. The summed E-state index contributed by atoms with van der Waals surface area (Å²) in [7, 11) is -5.77. The molecular weight excluding hydrogens is 1150 g/mol. The largest absolute Gasteiger partial charge is 0.778 e. The van der Waals surface area contributed by atoms with Crippen LogP contribution in [0.4, 0.5) is 26.2 Å². The zero-order valence-corrected chi connectivity index (χ0v) is 50.0. The summed E-state index contributed by atoms with van der Waals surface area (Å²) in [6.07, 6.45) is 11.1. The number of hydrogen-bond donors (Lipinski definition) is 3. The van der Waals surface area contributed by atoms with E-state index in [1.54, 1.807) is 25.9 Å². The molecule has 1 saturated heterocycles. The normalized spacial score (nSPS) is 15.6. The Kier molecular flexibility index (Phi) is 28.8. The predicted molar refractivity (Wildman–Crippen MR) is 300 cm³/mol. The molecule has 1 heterocycles. The molecule has 2 atom stereocenters. The number of ketones is 3. The smallest absolute Gasteiger partial charge is 0.427 e. The van der Waals surface area contributed by atoms with E-state index in [-0.39, 0.29) is 63.9 Å². The number of imide groups is 1. The van der Waals surface area contributed by atoms with E-state index >= 15 is 0 Å². The van der Waals surface area contributed by atoms with E-state index in [1.807, 2.05) is 31.3 Å². The Balaban J connectivity index is 0.000000369. The van der Waals surface area contributed by atoms with E-state index in [2.05, 4.69) is 31.8 Å². The molecule has 80 heavy (non-hydrogen) atoms. The van der Waals surface area contributed by atoms with Gasteiger partial charge in [-0.2, -0.15) is 0 Å². The van der Waals surface area contributed by atoms with Crippen LogP contribution in [0.2, 0.25) is 5.02 Å². The molecule has 1 aliphatic heterocycles. The highest BCUT2D eigenvalue weighted by molar-refractivity contribution is 7.94. The monoisotopic (exact) mass is 1220 g/mol. The number of cyclic esters (lactones) is 1. The van der Waals surface area contributed by atoms with Crippen molar-refractivity contribution in [2.45, 2.75) is 103 Å². The number of rotatable bonds is 17.